The molecule has 0 saturated heterocycles. The molecule has 8 aromatic rings. The summed E-state index contributed by atoms with van der Waals surface area (Å²) in [5.41, 5.74) is 11.5. The minimum absolute atomic E-state index is 0.130. The summed E-state index contributed by atoms with van der Waals surface area (Å²) >= 11 is 1.73. The van der Waals surface area contributed by atoms with Gasteiger partial charge < -0.3 is 4.42 Å². The topological polar surface area (TPSA) is 51.8 Å². The Morgan fingerprint density at radius 3 is 2.24 bits per heavy atom. The molecule has 0 radical (unpaired) electrons. The van der Waals surface area contributed by atoms with Crippen molar-refractivity contribution in [1.82, 2.24) is 15.0 Å². The van der Waals surface area contributed by atoms with E-state index in [2.05, 4.69) is 126 Å². The molecule has 0 atom stereocenters. The second-order valence-electron chi connectivity index (χ2n) is 14.3. The van der Waals surface area contributed by atoms with Gasteiger partial charge in [0.05, 0.1) is 0 Å². The number of hydrogen-bond donors (Lipinski definition) is 0. The van der Waals surface area contributed by atoms with Crippen LogP contribution in [-0.2, 0) is 5.41 Å². The molecule has 0 unspecified atom stereocenters. The monoisotopic (exact) mass is 729 g/mol. The fourth-order valence-corrected chi connectivity index (χ4v) is 9.56. The maximum Gasteiger partial charge on any atom is 0.165 e. The standard InChI is InChI=1S/C50H39N3OS/c1-7-17-35-36-26-24-32(29-41(36)50(5,6)40(35)10-4)31-25-27-42-39(28-31)45-38(21-16-22-43(45)54-42)49-52-47(30-18-12-11-13-19-30)51-48(53-49)34(9-3)46-33(8-2)37-20-14-15-23-44(37)55-46/h7-29H,1,3H2,2,4-6H3/b33-8-,35-17-,40-10+,46-34-. The number of benzene rings is 5. The molecule has 4 nitrogen and oxygen atoms in total. The predicted octanol–water partition coefficient (Wildman–Crippen LogP) is 12.0. The molecule has 1 aliphatic rings. The number of rotatable bonds is 6. The summed E-state index contributed by atoms with van der Waals surface area (Å²) in [4.78, 5) is 15.5. The van der Waals surface area contributed by atoms with Crippen molar-refractivity contribution in [3.63, 3.8) is 0 Å². The maximum absolute atomic E-state index is 6.51. The molecular weight excluding hydrogens is 691 g/mol. The molecule has 1 aliphatic carbocycles. The molecule has 3 aromatic heterocycles. The van der Waals surface area contributed by atoms with Crippen LogP contribution in [0.25, 0.3) is 83.1 Å². The maximum atomic E-state index is 6.51. The van der Waals surface area contributed by atoms with Crippen LogP contribution < -0.4 is 9.75 Å². The molecule has 0 aliphatic heterocycles. The zero-order valence-electron chi connectivity index (χ0n) is 31.4. The van der Waals surface area contributed by atoms with Crippen molar-refractivity contribution in [2.24, 2.45) is 0 Å². The first kappa shape index (κ1) is 34.3. The third-order valence-corrected chi connectivity index (χ3v) is 12.1. The Labute approximate surface area is 324 Å². The fourth-order valence-electron chi connectivity index (χ4n) is 8.28. The van der Waals surface area contributed by atoms with Gasteiger partial charge in [0.25, 0.3) is 0 Å². The third-order valence-electron chi connectivity index (χ3n) is 10.9. The summed E-state index contributed by atoms with van der Waals surface area (Å²) in [5, 5.41) is 4.33. The van der Waals surface area contributed by atoms with E-state index in [0.717, 1.165) is 59.5 Å². The number of furan rings is 1. The van der Waals surface area contributed by atoms with Crippen LogP contribution in [0.3, 0.4) is 0 Å². The fraction of sp³-hybridized carbons (Fsp3) is 0.100. The molecule has 0 N–H and O–H groups in total. The number of fused-ring (bicyclic) bond motifs is 5. The van der Waals surface area contributed by atoms with Crippen LogP contribution in [0.15, 0.2) is 157 Å². The van der Waals surface area contributed by atoms with Gasteiger partial charge in [-0.05, 0) is 88.2 Å². The highest BCUT2D eigenvalue weighted by Gasteiger charge is 2.37. The third kappa shape index (κ3) is 5.54. The van der Waals surface area contributed by atoms with Gasteiger partial charge in [-0.2, -0.15) is 0 Å². The molecule has 266 valence electrons. The van der Waals surface area contributed by atoms with Gasteiger partial charge in [0, 0.05) is 42.1 Å². The van der Waals surface area contributed by atoms with Crippen molar-refractivity contribution in [2.75, 3.05) is 0 Å². The van der Waals surface area contributed by atoms with E-state index >= 15 is 0 Å². The average molecular weight is 730 g/mol. The van der Waals surface area contributed by atoms with Crippen LogP contribution in [0.5, 0.6) is 0 Å². The first-order valence-corrected chi connectivity index (χ1v) is 19.4. The summed E-state index contributed by atoms with van der Waals surface area (Å²) in [6.45, 7) is 17.1. The lowest BCUT2D eigenvalue weighted by molar-refractivity contribution is 0.660. The van der Waals surface area contributed by atoms with Gasteiger partial charge in [-0.15, -0.1) is 11.3 Å². The van der Waals surface area contributed by atoms with E-state index in [-0.39, 0.29) is 5.41 Å². The molecule has 9 rings (SSSR count). The summed E-state index contributed by atoms with van der Waals surface area (Å²) in [7, 11) is 0. The number of aromatic nitrogens is 3. The van der Waals surface area contributed by atoms with Gasteiger partial charge in [-0.1, -0.05) is 136 Å². The van der Waals surface area contributed by atoms with Gasteiger partial charge in [0.2, 0.25) is 0 Å². The normalized spacial score (nSPS) is 16.0. The molecule has 0 spiro atoms. The first-order valence-electron chi connectivity index (χ1n) is 18.6. The Morgan fingerprint density at radius 2 is 1.45 bits per heavy atom. The van der Waals surface area contributed by atoms with E-state index in [4.69, 9.17) is 19.4 Å². The van der Waals surface area contributed by atoms with E-state index < -0.39 is 0 Å². The van der Waals surface area contributed by atoms with Gasteiger partial charge in [-0.3, -0.25) is 0 Å². The highest BCUT2D eigenvalue weighted by Crippen LogP contribution is 2.50. The zero-order chi connectivity index (χ0) is 37.8. The van der Waals surface area contributed by atoms with E-state index in [1.54, 1.807) is 11.3 Å². The molecule has 3 heterocycles. The van der Waals surface area contributed by atoms with Gasteiger partial charge in [-0.25, -0.2) is 15.0 Å². The number of thiophene rings is 1. The lowest BCUT2D eigenvalue weighted by atomic mass is 9.81. The van der Waals surface area contributed by atoms with Crippen LogP contribution in [0.4, 0.5) is 0 Å². The molecule has 5 heteroatoms. The molecule has 55 heavy (non-hydrogen) atoms. The second-order valence-corrected chi connectivity index (χ2v) is 15.4. The number of hydrogen-bond acceptors (Lipinski definition) is 5. The Morgan fingerprint density at radius 1 is 0.691 bits per heavy atom. The Bertz CT molecular complexity index is 3070. The van der Waals surface area contributed by atoms with Gasteiger partial charge >= 0.3 is 0 Å². The molecule has 0 saturated carbocycles. The van der Waals surface area contributed by atoms with Gasteiger partial charge in [0.15, 0.2) is 17.5 Å². The SMILES string of the molecule is C=C/C=C1\C(=C/C)C(C)(C)c2cc(-c3ccc4oc5cccc(-c6nc(/C(C=C)=c7\sc8ccccc8\c7=C\C)nc(-c7ccccc7)n6)c5c4c3)ccc21. The van der Waals surface area contributed by atoms with Crippen LogP contribution >= 0.6 is 11.3 Å². The molecular formula is C50H39N3OS. The van der Waals surface area contributed by atoms with E-state index in [1.807, 2.05) is 54.6 Å². The van der Waals surface area contributed by atoms with Crippen molar-refractivity contribution in [3.05, 3.63) is 179 Å². The summed E-state index contributed by atoms with van der Waals surface area (Å²) in [5.74, 6) is 1.74. The molecule has 0 fully saturated rings. The molecule has 5 aromatic carbocycles. The lowest BCUT2D eigenvalue weighted by Gasteiger charge is -2.22. The largest absolute Gasteiger partial charge is 0.456 e. The van der Waals surface area contributed by atoms with E-state index in [1.165, 1.54) is 32.4 Å². The lowest BCUT2D eigenvalue weighted by Crippen LogP contribution is -2.22. The minimum atomic E-state index is -0.130. The van der Waals surface area contributed by atoms with Crippen LogP contribution in [-0.4, -0.2) is 15.0 Å². The highest BCUT2D eigenvalue weighted by atomic mass is 32.1. The quantitative estimate of drug-likeness (QED) is 0.171. The second kappa shape index (κ2) is 13.5. The van der Waals surface area contributed by atoms with Crippen LogP contribution in [0.2, 0.25) is 0 Å². The van der Waals surface area contributed by atoms with Crippen molar-refractivity contribution < 1.29 is 4.42 Å². The van der Waals surface area contributed by atoms with E-state index in [0.29, 0.717) is 17.5 Å². The predicted molar refractivity (Wildman–Crippen MR) is 232 cm³/mol. The first-order chi connectivity index (χ1) is 26.8. The Kier molecular flexibility index (Phi) is 8.40. The summed E-state index contributed by atoms with van der Waals surface area (Å²) in [6, 6.07) is 38.0. The van der Waals surface area contributed by atoms with Crippen molar-refractivity contribution in [1.29, 1.82) is 0 Å². The van der Waals surface area contributed by atoms with Crippen LogP contribution in [0.1, 0.15) is 44.6 Å². The van der Waals surface area contributed by atoms with Crippen molar-refractivity contribution in [3.8, 4) is 33.9 Å². The minimum Gasteiger partial charge on any atom is -0.456 e. The van der Waals surface area contributed by atoms with Crippen LogP contribution in [0, 0.1) is 0 Å². The smallest absolute Gasteiger partial charge is 0.165 e. The Hall–Kier alpha value is -6.43. The highest BCUT2D eigenvalue weighted by molar-refractivity contribution is 7.17. The molecule has 0 amide bonds. The van der Waals surface area contributed by atoms with Crippen molar-refractivity contribution in [2.45, 2.75) is 33.1 Å². The van der Waals surface area contributed by atoms with Gasteiger partial charge in [0.1, 0.15) is 11.2 Å². The molecule has 0 bridgehead atoms. The number of allylic oxidation sites excluding steroid dienone is 6. The zero-order valence-corrected chi connectivity index (χ0v) is 32.2. The van der Waals surface area contributed by atoms with E-state index in [9.17, 15) is 0 Å². The average Bonchev–Trinajstić information content (AvgIpc) is 3.85. The Balaban J connectivity index is 1.27. The number of nitrogens with zero attached hydrogens (tertiary/aromatic N) is 3. The summed E-state index contributed by atoms with van der Waals surface area (Å²) < 4.78 is 8.80. The van der Waals surface area contributed by atoms with Crippen molar-refractivity contribution >= 4 is 60.6 Å². The summed E-state index contributed by atoms with van der Waals surface area (Å²) in [6.07, 6.45) is 10.3.